The Morgan fingerprint density at radius 3 is 2.71 bits per heavy atom. The van der Waals surface area contributed by atoms with E-state index in [1.54, 1.807) is 41.4 Å². The first-order chi connectivity index (χ1) is 15.2. The molecule has 0 unspecified atom stereocenters. The molecule has 156 valence electrons. The highest BCUT2D eigenvalue weighted by Crippen LogP contribution is 2.36. The fraction of sp³-hybridized carbons (Fsp3) is 0.136. The first kappa shape index (κ1) is 20.4. The molecule has 9 heteroatoms. The number of hydrogen-bond acceptors (Lipinski definition) is 8. The van der Waals surface area contributed by atoms with Crippen LogP contribution in [-0.4, -0.2) is 21.6 Å². The van der Waals surface area contributed by atoms with Gasteiger partial charge in [0.05, 0.1) is 23.8 Å². The summed E-state index contributed by atoms with van der Waals surface area (Å²) >= 11 is 6.27. The molecular weight excluding hydrogens is 467 g/mol. The van der Waals surface area contributed by atoms with E-state index in [0.717, 1.165) is 37.3 Å². The minimum Gasteiger partial charge on any atom is -0.496 e. The molecule has 1 aromatic carbocycles. The maximum absolute atomic E-state index is 13.1. The molecule has 31 heavy (non-hydrogen) atoms. The van der Waals surface area contributed by atoms with Crippen LogP contribution in [-0.2, 0) is 12.8 Å². The van der Waals surface area contributed by atoms with Crippen LogP contribution in [0.15, 0.2) is 62.5 Å². The summed E-state index contributed by atoms with van der Waals surface area (Å²) in [6.07, 6.45) is 0. The average Bonchev–Trinajstić information content (AvgIpc) is 3.55. The van der Waals surface area contributed by atoms with Gasteiger partial charge in [0.15, 0.2) is 5.16 Å². The maximum Gasteiger partial charge on any atom is 0.263 e. The van der Waals surface area contributed by atoms with Crippen molar-refractivity contribution < 1.29 is 4.74 Å². The van der Waals surface area contributed by atoms with Gasteiger partial charge in [-0.25, -0.2) is 9.97 Å². The topological polar surface area (TPSA) is 57.0 Å². The van der Waals surface area contributed by atoms with E-state index in [9.17, 15) is 4.79 Å². The van der Waals surface area contributed by atoms with Gasteiger partial charge in [-0.2, -0.15) is 0 Å². The van der Waals surface area contributed by atoms with Gasteiger partial charge in [-0.15, -0.1) is 34.0 Å². The lowest BCUT2D eigenvalue weighted by Crippen LogP contribution is -2.19. The molecule has 0 N–H and O–H groups in total. The van der Waals surface area contributed by atoms with E-state index >= 15 is 0 Å². The molecule has 0 bridgehead atoms. The molecule has 0 saturated heterocycles. The van der Waals surface area contributed by atoms with Crippen molar-refractivity contribution in [3.8, 4) is 26.8 Å². The number of nitrogens with zero attached hydrogens (tertiary/aromatic N) is 3. The zero-order chi connectivity index (χ0) is 21.4. The van der Waals surface area contributed by atoms with E-state index in [1.165, 1.54) is 23.1 Å². The smallest absolute Gasteiger partial charge is 0.263 e. The van der Waals surface area contributed by atoms with Gasteiger partial charge in [0.1, 0.15) is 15.6 Å². The van der Waals surface area contributed by atoms with Crippen molar-refractivity contribution in [2.75, 3.05) is 7.11 Å². The van der Waals surface area contributed by atoms with E-state index in [0.29, 0.717) is 16.3 Å². The third-order valence-electron chi connectivity index (χ3n) is 4.80. The maximum atomic E-state index is 13.1. The van der Waals surface area contributed by atoms with E-state index in [2.05, 4.69) is 0 Å². The predicted octanol–water partition coefficient (Wildman–Crippen LogP) is 6.15. The Kier molecular flexibility index (Phi) is 5.66. The fourth-order valence-corrected chi connectivity index (χ4v) is 6.87. The number of rotatable bonds is 6. The van der Waals surface area contributed by atoms with Crippen molar-refractivity contribution in [2.24, 2.45) is 7.05 Å². The normalized spacial score (nSPS) is 11.3. The van der Waals surface area contributed by atoms with Crippen molar-refractivity contribution in [2.45, 2.75) is 10.9 Å². The van der Waals surface area contributed by atoms with Crippen LogP contribution >= 0.6 is 45.8 Å². The lowest BCUT2D eigenvalue weighted by atomic mass is 10.2. The summed E-state index contributed by atoms with van der Waals surface area (Å²) in [5.74, 6) is 1.45. The molecule has 0 aliphatic carbocycles. The number of fused-ring (bicyclic) bond motifs is 1. The first-order valence-corrected chi connectivity index (χ1v) is 13.0. The molecule has 0 aliphatic rings. The van der Waals surface area contributed by atoms with Gasteiger partial charge in [-0.1, -0.05) is 30.0 Å². The third kappa shape index (κ3) is 3.82. The van der Waals surface area contributed by atoms with Crippen molar-refractivity contribution in [3.63, 3.8) is 0 Å². The lowest BCUT2D eigenvalue weighted by molar-refractivity contribution is 0.416. The standard InChI is InChI=1S/C22H17N3O2S4/c1-25-21(26)18-15(17-8-5-9-28-17)12-30-20(18)24-22(25)31-11-13-10-29-19(23-13)14-6-3-4-7-16(14)27-2/h3-10,12H,11H2,1-2H3. The Bertz CT molecular complexity index is 1420. The second kappa shape index (κ2) is 8.58. The number of methoxy groups -OCH3 is 1. The molecular formula is C22H17N3O2S4. The van der Waals surface area contributed by atoms with E-state index in [4.69, 9.17) is 14.7 Å². The molecule has 5 rings (SSSR count). The number of thioether (sulfide) groups is 1. The van der Waals surface area contributed by atoms with Crippen LogP contribution in [0.3, 0.4) is 0 Å². The van der Waals surface area contributed by atoms with E-state index in [-0.39, 0.29) is 5.56 Å². The van der Waals surface area contributed by atoms with Crippen LogP contribution in [0.2, 0.25) is 0 Å². The number of para-hydroxylation sites is 1. The van der Waals surface area contributed by atoms with Gasteiger partial charge in [-0.05, 0) is 23.6 Å². The quantitative estimate of drug-likeness (QED) is 0.214. The SMILES string of the molecule is COc1ccccc1-c1nc(CSc2nc3scc(-c4cccs4)c3c(=O)n2C)cs1. The Balaban J connectivity index is 1.41. The molecule has 5 aromatic rings. The summed E-state index contributed by atoms with van der Waals surface area (Å²) in [6, 6.07) is 11.9. The number of thiazole rings is 1. The van der Waals surface area contributed by atoms with Crippen LogP contribution in [0.4, 0.5) is 0 Å². The van der Waals surface area contributed by atoms with Crippen molar-refractivity contribution in [1.82, 2.24) is 14.5 Å². The predicted molar refractivity (Wildman–Crippen MR) is 132 cm³/mol. The first-order valence-electron chi connectivity index (χ1n) is 9.38. The van der Waals surface area contributed by atoms with Gasteiger partial charge in [0, 0.05) is 34.0 Å². The summed E-state index contributed by atoms with van der Waals surface area (Å²) < 4.78 is 7.10. The zero-order valence-electron chi connectivity index (χ0n) is 16.7. The highest BCUT2D eigenvalue weighted by Gasteiger charge is 2.17. The fourth-order valence-electron chi connectivity index (χ4n) is 3.25. The van der Waals surface area contributed by atoms with Crippen LogP contribution in [0.1, 0.15) is 5.69 Å². The molecule has 0 aliphatic heterocycles. The minimum absolute atomic E-state index is 0.00913. The summed E-state index contributed by atoms with van der Waals surface area (Å²) in [6.45, 7) is 0. The minimum atomic E-state index is -0.00913. The molecule has 0 spiro atoms. The Morgan fingerprint density at radius 2 is 1.90 bits per heavy atom. The van der Waals surface area contributed by atoms with Gasteiger partial charge in [-0.3, -0.25) is 9.36 Å². The van der Waals surface area contributed by atoms with Crippen molar-refractivity contribution in [1.29, 1.82) is 0 Å². The van der Waals surface area contributed by atoms with Crippen LogP contribution < -0.4 is 10.3 Å². The zero-order valence-corrected chi connectivity index (χ0v) is 20.0. The summed E-state index contributed by atoms with van der Waals surface area (Å²) in [4.78, 5) is 24.5. The van der Waals surface area contributed by atoms with Crippen LogP contribution in [0.25, 0.3) is 31.2 Å². The van der Waals surface area contributed by atoms with Gasteiger partial charge >= 0.3 is 0 Å². The monoisotopic (exact) mass is 483 g/mol. The number of aromatic nitrogens is 3. The van der Waals surface area contributed by atoms with Crippen LogP contribution in [0, 0.1) is 0 Å². The third-order valence-corrected chi connectivity index (χ3v) is 8.56. The van der Waals surface area contributed by atoms with Gasteiger partial charge in [0.25, 0.3) is 5.56 Å². The highest BCUT2D eigenvalue weighted by atomic mass is 32.2. The molecule has 0 atom stereocenters. The second-order valence-electron chi connectivity index (χ2n) is 6.70. The summed E-state index contributed by atoms with van der Waals surface area (Å²) in [7, 11) is 3.45. The average molecular weight is 484 g/mol. The number of ether oxygens (including phenoxy) is 1. The van der Waals surface area contributed by atoms with Crippen molar-refractivity contribution >= 4 is 56.0 Å². The summed E-state index contributed by atoms with van der Waals surface area (Å²) in [5.41, 5.74) is 2.90. The number of thiophene rings is 2. The molecule has 0 saturated carbocycles. The second-order valence-corrected chi connectivity index (χ2v) is 10.3. The molecule has 5 nitrogen and oxygen atoms in total. The van der Waals surface area contributed by atoms with E-state index in [1.807, 2.05) is 52.5 Å². The van der Waals surface area contributed by atoms with Crippen LogP contribution in [0.5, 0.6) is 5.75 Å². The van der Waals surface area contributed by atoms with Crippen molar-refractivity contribution in [3.05, 3.63) is 68.6 Å². The Labute approximate surface area is 195 Å². The largest absolute Gasteiger partial charge is 0.496 e. The molecule has 0 radical (unpaired) electrons. The lowest BCUT2D eigenvalue weighted by Gasteiger charge is -2.07. The molecule has 0 amide bonds. The molecule has 4 heterocycles. The molecule has 0 fully saturated rings. The summed E-state index contributed by atoms with van der Waals surface area (Å²) in [5, 5.41) is 8.42. The highest BCUT2D eigenvalue weighted by molar-refractivity contribution is 7.98. The Morgan fingerprint density at radius 1 is 1.03 bits per heavy atom. The van der Waals surface area contributed by atoms with Gasteiger partial charge in [0.2, 0.25) is 0 Å². The van der Waals surface area contributed by atoms with Gasteiger partial charge < -0.3 is 4.74 Å². The number of benzene rings is 1. The number of hydrogen-bond donors (Lipinski definition) is 0. The Hall–Kier alpha value is -2.46. The van der Waals surface area contributed by atoms with E-state index < -0.39 is 0 Å². The molecule has 4 aromatic heterocycles.